The van der Waals surface area contributed by atoms with Crippen LogP contribution in [0.3, 0.4) is 0 Å². The zero-order chi connectivity index (χ0) is 21.6. The molecule has 1 saturated heterocycles. The second-order valence-electron chi connectivity index (χ2n) is 6.57. The van der Waals surface area contributed by atoms with Gasteiger partial charge in [-0.05, 0) is 31.5 Å². The monoisotopic (exact) mass is 409 g/mol. The smallest absolute Gasteiger partial charge is 0.325 e. The minimum Gasteiger partial charge on any atom is -0.465 e. The number of nitrogens with zero attached hydrogens (tertiary/aromatic N) is 2. The lowest BCUT2D eigenvalue weighted by Crippen LogP contribution is -2.47. The summed E-state index contributed by atoms with van der Waals surface area (Å²) in [5.41, 5.74) is -1.04. The van der Waals surface area contributed by atoms with Crippen LogP contribution < -0.4 is 5.32 Å². The SMILES string of the molecule is CCOC(=O)CN(CCOC)C(=O)CN1C(=O)NC(C)(c2ccc(F)cc2)C1=O. The highest BCUT2D eigenvalue weighted by Gasteiger charge is 2.49. The third-order valence-electron chi connectivity index (χ3n) is 4.53. The summed E-state index contributed by atoms with van der Waals surface area (Å²) in [6.07, 6.45) is 0. The van der Waals surface area contributed by atoms with Crippen molar-refractivity contribution < 1.29 is 33.0 Å². The van der Waals surface area contributed by atoms with Crippen LogP contribution in [0.15, 0.2) is 24.3 Å². The summed E-state index contributed by atoms with van der Waals surface area (Å²) in [6, 6.07) is 4.40. The van der Waals surface area contributed by atoms with Crippen molar-refractivity contribution in [2.45, 2.75) is 19.4 Å². The lowest BCUT2D eigenvalue weighted by Gasteiger charge is -2.24. The van der Waals surface area contributed by atoms with E-state index in [1.165, 1.54) is 38.3 Å². The van der Waals surface area contributed by atoms with Crippen LogP contribution in [-0.2, 0) is 29.4 Å². The number of imide groups is 1. The lowest BCUT2D eigenvalue weighted by atomic mass is 9.92. The molecule has 1 unspecified atom stereocenters. The lowest BCUT2D eigenvalue weighted by molar-refractivity contribution is -0.150. The molecule has 0 spiro atoms. The molecule has 2 rings (SSSR count). The Morgan fingerprint density at radius 1 is 1.24 bits per heavy atom. The fourth-order valence-corrected chi connectivity index (χ4v) is 2.91. The van der Waals surface area contributed by atoms with Gasteiger partial charge in [0.25, 0.3) is 5.91 Å². The summed E-state index contributed by atoms with van der Waals surface area (Å²) in [6.45, 7) is 2.66. The fraction of sp³-hybridized carbons (Fsp3) is 0.474. The number of esters is 1. The number of urea groups is 1. The molecule has 1 fully saturated rings. The molecule has 29 heavy (non-hydrogen) atoms. The number of carbonyl (C=O) groups excluding carboxylic acids is 4. The minimum atomic E-state index is -1.43. The molecule has 1 aliphatic rings. The van der Waals surface area contributed by atoms with Crippen LogP contribution in [0.5, 0.6) is 0 Å². The van der Waals surface area contributed by atoms with E-state index in [0.29, 0.717) is 5.56 Å². The van der Waals surface area contributed by atoms with Crippen molar-refractivity contribution in [1.29, 1.82) is 0 Å². The molecule has 158 valence electrons. The first kappa shape index (κ1) is 22.3. The highest BCUT2D eigenvalue weighted by atomic mass is 19.1. The second kappa shape index (κ2) is 9.46. The highest BCUT2D eigenvalue weighted by Crippen LogP contribution is 2.28. The van der Waals surface area contributed by atoms with E-state index < -0.39 is 41.7 Å². The van der Waals surface area contributed by atoms with Gasteiger partial charge >= 0.3 is 12.0 Å². The molecule has 1 aromatic rings. The number of nitrogens with one attached hydrogen (secondary N) is 1. The van der Waals surface area contributed by atoms with Gasteiger partial charge in [-0.15, -0.1) is 0 Å². The fourth-order valence-electron chi connectivity index (χ4n) is 2.91. The molecule has 0 bridgehead atoms. The molecule has 0 aromatic heterocycles. The van der Waals surface area contributed by atoms with Crippen molar-refractivity contribution in [3.8, 4) is 0 Å². The van der Waals surface area contributed by atoms with E-state index in [2.05, 4.69) is 5.32 Å². The zero-order valence-electron chi connectivity index (χ0n) is 16.6. The van der Waals surface area contributed by atoms with Crippen LogP contribution in [0.1, 0.15) is 19.4 Å². The van der Waals surface area contributed by atoms with E-state index in [9.17, 15) is 23.6 Å². The molecule has 1 N–H and O–H groups in total. The second-order valence-corrected chi connectivity index (χ2v) is 6.57. The average molecular weight is 409 g/mol. The summed E-state index contributed by atoms with van der Waals surface area (Å²) < 4.78 is 23.0. The number of ether oxygens (including phenoxy) is 2. The molecule has 1 heterocycles. The number of hydrogen-bond donors (Lipinski definition) is 1. The number of benzene rings is 1. The number of rotatable bonds is 9. The van der Waals surface area contributed by atoms with E-state index in [4.69, 9.17) is 9.47 Å². The predicted molar refractivity (Wildman–Crippen MR) is 99.1 cm³/mol. The Bertz CT molecular complexity index is 785. The maximum absolute atomic E-state index is 13.2. The van der Waals surface area contributed by atoms with E-state index in [1.54, 1.807) is 6.92 Å². The van der Waals surface area contributed by atoms with Crippen molar-refractivity contribution >= 4 is 23.8 Å². The normalized spacial score (nSPS) is 18.6. The Hall–Kier alpha value is -3.01. The molecule has 1 aliphatic heterocycles. The van der Waals surface area contributed by atoms with Crippen molar-refractivity contribution in [3.05, 3.63) is 35.6 Å². The van der Waals surface area contributed by atoms with Gasteiger partial charge in [-0.1, -0.05) is 12.1 Å². The van der Waals surface area contributed by atoms with Gasteiger partial charge in [-0.3, -0.25) is 19.3 Å². The average Bonchev–Trinajstić information content (AvgIpc) is 2.89. The molecular formula is C19H24FN3O6. The summed E-state index contributed by atoms with van der Waals surface area (Å²) in [5, 5.41) is 2.54. The zero-order valence-corrected chi connectivity index (χ0v) is 16.6. The maximum Gasteiger partial charge on any atom is 0.325 e. The molecule has 1 aromatic carbocycles. The first-order valence-corrected chi connectivity index (χ1v) is 9.05. The van der Waals surface area contributed by atoms with Crippen molar-refractivity contribution in [3.63, 3.8) is 0 Å². The van der Waals surface area contributed by atoms with Crippen LogP contribution in [0.2, 0.25) is 0 Å². The number of carbonyl (C=O) groups is 4. The quantitative estimate of drug-likeness (QED) is 0.474. The molecule has 10 heteroatoms. The summed E-state index contributed by atoms with van der Waals surface area (Å²) in [4.78, 5) is 51.6. The van der Waals surface area contributed by atoms with Gasteiger partial charge in [-0.25, -0.2) is 9.18 Å². The van der Waals surface area contributed by atoms with Gasteiger partial charge in [0.15, 0.2) is 0 Å². The summed E-state index contributed by atoms with van der Waals surface area (Å²) in [5.74, 6) is -2.34. The molecule has 0 saturated carbocycles. The number of hydrogen-bond acceptors (Lipinski definition) is 6. The minimum absolute atomic E-state index is 0.0903. The van der Waals surface area contributed by atoms with Gasteiger partial charge in [0.1, 0.15) is 24.4 Å². The molecule has 4 amide bonds. The highest BCUT2D eigenvalue weighted by molar-refractivity contribution is 6.09. The van der Waals surface area contributed by atoms with E-state index in [1.807, 2.05) is 0 Å². The van der Waals surface area contributed by atoms with Crippen LogP contribution in [-0.4, -0.2) is 73.6 Å². The molecule has 9 nitrogen and oxygen atoms in total. The maximum atomic E-state index is 13.2. The summed E-state index contributed by atoms with van der Waals surface area (Å²) >= 11 is 0. The Morgan fingerprint density at radius 3 is 2.48 bits per heavy atom. The molecule has 0 radical (unpaired) electrons. The van der Waals surface area contributed by atoms with E-state index >= 15 is 0 Å². The third kappa shape index (κ3) is 5.08. The van der Waals surface area contributed by atoms with Crippen LogP contribution in [0.25, 0.3) is 0 Å². The number of methoxy groups -OCH3 is 1. The Balaban J connectivity index is 2.15. The Labute approximate surface area is 167 Å². The number of halogens is 1. The Kier molecular flexibility index (Phi) is 7.27. The van der Waals surface area contributed by atoms with Crippen molar-refractivity contribution in [2.75, 3.05) is 40.0 Å². The van der Waals surface area contributed by atoms with Crippen LogP contribution >= 0.6 is 0 Å². The van der Waals surface area contributed by atoms with Gasteiger partial charge in [0.05, 0.1) is 13.2 Å². The topological polar surface area (TPSA) is 105 Å². The molecular weight excluding hydrogens is 385 g/mol. The standard InChI is InChI=1S/C19H24FN3O6/c1-4-29-16(25)12-22(9-10-28-3)15(24)11-23-17(26)19(2,21-18(23)27)13-5-7-14(20)8-6-13/h5-8H,4,9-12H2,1-3H3,(H,21,27). The Morgan fingerprint density at radius 2 is 1.90 bits per heavy atom. The molecule has 0 aliphatic carbocycles. The third-order valence-corrected chi connectivity index (χ3v) is 4.53. The van der Waals surface area contributed by atoms with Crippen LogP contribution in [0.4, 0.5) is 9.18 Å². The number of amides is 4. The van der Waals surface area contributed by atoms with Gasteiger partial charge in [-0.2, -0.15) is 0 Å². The van der Waals surface area contributed by atoms with Crippen molar-refractivity contribution in [1.82, 2.24) is 15.1 Å². The van der Waals surface area contributed by atoms with Crippen molar-refractivity contribution in [2.24, 2.45) is 0 Å². The van der Waals surface area contributed by atoms with E-state index in [0.717, 1.165) is 9.80 Å². The largest absolute Gasteiger partial charge is 0.465 e. The van der Waals surface area contributed by atoms with Gasteiger partial charge < -0.3 is 19.7 Å². The first-order valence-electron chi connectivity index (χ1n) is 9.05. The molecule has 1 atom stereocenters. The van der Waals surface area contributed by atoms with Gasteiger partial charge in [0, 0.05) is 13.7 Å². The van der Waals surface area contributed by atoms with Gasteiger partial charge in [0.2, 0.25) is 5.91 Å². The van der Waals surface area contributed by atoms with Crippen LogP contribution in [0, 0.1) is 5.82 Å². The first-order chi connectivity index (χ1) is 13.7. The van der Waals surface area contributed by atoms with E-state index in [-0.39, 0.29) is 26.3 Å². The predicted octanol–water partition coefficient (Wildman–Crippen LogP) is 0.631. The summed E-state index contributed by atoms with van der Waals surface area (Å²) in [7, 11) is 1.44.